The van der Waals surface area contributed by atoms with Crippen molar-refractivity contribution in [2.24, 2.45) is 0 Å². The maximum absolute atomic E-state index is 14.4. The van der Waals surface area contributed by atoms with Crippen LogP contribution < -0.4 is 4.74 Å². The topological polar surface area (TPSA) is 98.4 Å². The summed E-state index contributed by atoms with van der Waals surface area (Å²) < 4.78 is 57.5. The molecule has 3 rings (SSSR count). The lowest BCUT2D eigenvalue weighted by Crippen LogP contribution is -2.05. The average molecular weight is 408 g/mol. The molecule has 28 heavy (non-hydrogen) atoms. The Kier molecular flexibility index (Phi) is 4.91. The van der Waals surface area contributed by atoms with E-state index >= 15 is 0 Å². The first-order valence-corrected chi connectivity index (χ1v) is 7.71. The lowest BCUT2D eigenvalue weighted by molar-refractivity contribution is -0.137. The summed E-state index contributed by atoms with van der Waals surface area (Å²) in [7, 11) is 0. The Morgan fingerprint density at radius 1 is 1.14 bits per heavy atom. The van der Waals surface area contributed by atoms with E-state index in [9.17, 15) is 17.6 Å². The van der Waals surface area contributed by atoms with Crippen LogP contribution in [0, 0.1) is 28.5 Å². The van der Waals surface area contributed by atoms with Gasteiger partial charge in [-0.1, -0.05) is 11.6 Å². The van der Waals surface area contributed by atoms with E-state index < -0.39 is 22.6 Å². The van der Waals surface area contributed by atoms with Gasteiger partial charge in [0, 0.05) is 12.3 Å². The predicted molar refractivity (Wildman–Crippen MR) is 87.7 cm³/mol. The highest BCUT2D eigenvalue weighted by molar-refractivity contribution is 6.31. The van der Waals surface area contributed by atoms with E-state index in [0.29, 0.717) is 12.3 Å². The summed E-state index contributed by atoms with van der Waals surface area (Å²) >= 11 is 5.75. The van der Waals surface area contributed by atoms with Crippen molar-refractivity contribution < 1.29 is 22.3 Å². The summed E-state index contributed by atoms with van der Waals surface area (Å²) in [5.74, 6) is -1.27. The fourth-order valence-electron chi connectivity index (χ4n) is 2.18. The first kappa shape index (κ1) is 19.1. The van der Waals surface area contributed by atoms with Crippen molar-refractivity contribution in [3.8, 4) is 35.2 Å². The number of pyridine rings is 1. The number of alkyl halides is 3. The van der Waals surface area contributed by atoms with Crippen LogP contribution in [0.2, 0.25) is 5.02 Å². The second-order valence-corrected chi connectivity index (χ2v) is 5.69. The fraction of sp³-hybridized carbons (Fsp3) is 0.0588. The van der Waals surface area contributed by atoms with Gasteiger partial charge in [0.15, 0.2) is 11.4 Å². The van der Waals surface area contributed by atoms with E-state index in [2.05, 4.69) is 15.0 Å². The number of rotatable bonds is 3. The zero-order chi connectivity index (χ0) is 20.5. The molecule has 3 aromatic rings. The fourth-order valence-corrected chi connectivity index (χ4v) is 2.39. The molecule has 11 heteroatoms. The van der Waals surface area contributed by atoms with E-state index in [4.69, 9.17) is 26.9 Å². The number of benzene rings is 1. The second kappa shape index (κ2) is 7.18. The summed E-state index contributed by atoms with van der Waals surface area (Å²) in [4.78, 5) is 9.85. The summed E-state index contributed by atoms with van der Waals surface area (Å²) in [6, 6.07) is 7.57. The van der Waals surface area contributed by atoms with Crippen LogP contribution in [0.4, 0.5) is 17.6 Å². The number of nitriles is 2. The molecule has 140 valence electrons. The number of H-pyrrole nitrogens is 1. The average Bonchev–Trinajstić information content (AvgIpc) is 3.05. The highest BCUT2D eigenvalue weighted by atomic mass is 35.5. The van der Waals surface area contributed by atoms with Gasteiger partial charge in [-0.2, -0.15) is 23.7 Å². The van der Waals surface area contributed by atoms with Gasteiger partial charge in [0.05, 0.1) is 11.1 Å². The zero-order valence-electron chi connectivity index (χ0n) is 13.5. The van der Waals surface area contributed by atoms with Gasteiger partial charge in [-0.3, -0.25) is 0 Å². The maximum Gasteiger partial charge on any atom is 0.417 e. The smallest absolute Gasteiger partial charge is 0.417 e. The van der Waals surface area contributed by atoms with E-state index in [0.717, 1.165) is 6.07 Å². The largest absolute Gasteiger partial charge is 0.437 e. The molecular formula is C17H6ClF4N5O. The third-order valence-corrected chi connectivity index (χ3v) is 3.74. The first-order valence-electron chi connectivity index (χ1n) is 7.33. The number of ether oxygens (including phenoxy) is 1. The Morgan fingerprint density at radius 3 is 2.43 bits per heavy atom. The maximum atomic E-state index is 14.4. The Bertz CT molecular complexity index is 1110. The first-order chi connectivity index (χ1) is 13.2. The van der Waals surface area contributed by atoms with Gasteiger partial charge in [0.25, 0.3) is 0 Å². The molecule has 0 radical (unpaired) electrons. The number of nitrogens with one attached hydrogen (secondary N) is 1. The van der Waals surface area contributed by atoms with E-state index in [1.807, 2.05) is 0 Å². The van der Waals surface area contributed by atoms with E-state index in [-0.39, 0.29) is 34.4 Å². The minimum Gasteiger partial charge on any atom is -0.437 e. The Hall–Kier alpha value is -3.63. The zero-order valence-corrected chi connectivity index (χ0v) is 14.2. The van der Waals surface area contributed by atoms with Crippen molar-refractivity contribution in [3.05, 3.63) is 58.3 Å². The summed E-state index contributed by atoms with van der Waals surface area (Å²) in [6.45, 7) is 0. The molecule has 1 N–H and O–H groups in total. The molecule has 0 saturated carbocycles. The van der Waals surface area contributed by atoms with Crippen molar-refractivity contribution >= 4 is 11.6 Å². The number of aromatic nitrogens is 3. The molecule has 0 aliphatic heterocycles. The van der Waals surface area contributed by atoms with Gasteiger partial charge < -0.3 is 9.72 Å². The molecule has 6 nitrogen and oxygen atoms in total. The molecule has 0 unspecified atom stereocenters. The van der Waals surface area contributed by atoms with Crippen molar-refractivity contribution in [2.75, 3.05) is 0 Å². The van der Waals surface area contributed by atoms with E-state index in [1.165, 1.54) is 12.1 Å². The van der Waals surface area contributed by atoms with Crippen LogP contribution >= 0.6 is 11.6 Å². The van der Waals surface area contributed by atoms with Crippen LogP contribution in [0.25, 0.3) is 11.4 Å². The van der Waals surface area contributed by atoms with Crippen molar-refractivity contribution in [3.63, 3.8) is 0 Å². The Morgan fingerprint density at radius 2 is 1.89 bits per heavy atom. The Labute approximate surface area is 159 Å². The molecule has 2 aromatic heterocycles. The molecule has 0 bridgehead atoms. The monoisotopic (exact) mass is 407 g/mol. The number of nitrogens with zero attached hydrogens (tertiary/aromatic N) is 4. The molecule has 0 amide bonds. The molecule has 2 heterocycles. The van der Waals surface area contributed by atoms with Gasteiger partial charge in [-0.15, -0.1) is 0 Å². The van der Waals surface area contributed by atoms with Crippen LogP contribution in [0.15, 0.2) is 30.5 Å². The minimum absolute atomic E-state index is 0.0390. The number of hydrogen-bond acceptors (Lipinski definition) is 5. The highest BCUT2D eigenvalue weighted by Crippen LogP contribution is 2.35. The van der Waals surface area contributed by atoms with E-state index in [1.54, 1.807) is 12.1 Å². The van der Waals surface area contributed by atoms with Gasteiger partial charge in [-0.05, 0) is 18.2 Å². The quantitative estimate of drug-likeness (QED) is 0.628. The number of hydrogen-bond donors (Lipinski definition) is 1. The molecule has 1 aromatic carbocycles. The molecule has 0 fully saturated rings. The lowest BCUT2D eigenvalue weighted by atomic mass is 10.2. The number of aromatic amines is 1. The summed E-state index contributed by atoms with van der Waals surface area (Å²) in [5, 5.41) is 17.4. The van der Waals surface area contributed by atoms with Crippen LogP contribution in [0.1, 0.15) is 17.0 Å². The van der Waals surface area contributed by atoms with Gasteiger partial charge >= 0.3 is 6.18 Å². The van der Waals surface area contributed by atoms with Crippen molar-refractivity contribution in [2.45, 2.75) is 6.18 Å². The number of imidazole rings is 1. The molecule has 0 spiro atoms. The molecule has 0 aliphatic carbocycles. The lowest BCUT2D eigenvalue weighted by Gasteiger charge is -2.10. The normalized spacial score (nSPS) is 11.0. The van der Waals surface area contributed by atoms with Crippen molar-refractivity contribution in [1.82, 2.24) is 15.0 Å². The highest BCUT2D eigenvalue weighted by Gasteiger charge is 2.31. The van der Waals surface area contributed by atoms with Gasteiger partial charge in [0.1, 0.15) is 34.6 Å². The Balaban J connectivity index is 1.89. The molecular weight excluding hydrogens is 402 g/mol. The third-order valence-electron chi connectivity index (χ3n) is 3.47. The standard InChI is InChI=1S/C17H6ClF4N5O/c18-11-3-8(17(20,21)22)7-25-16(11)28-9-1-2-10(12(19)4-9)15-26-13(5-23)14(6-24)27-15/h1-4,7H,(H,26,27). The minimum atomic E-state index is -4.61. The summed E-state index contributed by atoms with van der Waals surface area (Å²) in [5.41, 5.74) is -1.39. The van der Waals surface area contributed by atoms with Gasteiger partial charge in [-0.25, -0.2) is 14.4 Å². The van der Waals surface area contributed by atoms with Crippen molar-refractivity contribution in [1.29, 1.82) is 10.5 Å². The van der Waals surface area contributed by atoms with Gasteiger partial charge in [0.2, 0.25) is 5.88 Å². The number of halogens is 5. The predicted octanol–water partition coefficient (Wildman–Crippen LogP) is 4.82. The molecule has 0 atom stereocenters. The molecule has 0 aliphatic rings. The second-order valence-electron chi connectivity index (χ2n) is 5.29. The third kappa shape index (κ3) is 3.72. The van der Waals surface area contributed by atoms with Crippen LogP contribution in [0.3, 0.4) is 0 Å². The molecule has 0 saturated heterocycles. The SMILES string of the molecule is N#Cc1nc(-c2ccc(Oc3ncc(C(F)(F)F)cc3Cl)cc2F)[nH]c1C#N. The van der Waals surface area contributed by atoms with Crippen LogP contribution in [-0.2, 0) is 6.18 Å². The summed E-state index contributed by atoms with van der Waals surface area (Å²) in [6.07, 6.45) is -4.07. The van der Waals surface area contributed by atoms with Crippen LogP contribution in [0.5, 0.6) is 11.6 Å². The van der Waals surface area contributed by atoms with Crippen LogP contribution in [-0.4, -0.2) is 15.0 Å².